The lowest BCUT2D eigenvalue weighted by Crippen LogP contribution is -2.41. The number of aromatic nitrogens is 2. The molecule has 1 fully saturated rings. The number of aromatic amines is 1. The summed E-state index contributed by atoms with van der Waals surface area (Å²) >= 11 is 1.47. The lowest BCUT2D eigenvalue weighted by atomic mass is 10.2. The molecule has 2 amide bonds. The number of halogens is 1. The Bertz CT molecular complexity index is 941. The Hall–Kier alpha value is -2.61. The monoisotopic (exact) mass is 388 g/mol. The average Bonchev–Trinajstić information content (AvgIpc) is 3.38. The van der Waals surface area contributed by atoms with Gasteiger partial charge in [-0.1, -0.05) is 0 Å². The van der Waals surface area contributed by atoms with E-state index in [2.05, 4.69) is 22.2 Å². The molecule has 8 heteroatoms. The number of rotatable bonds is 5. The molecule has 0 aliphatic carbocycles. The Morgan fingerprint density at radius 1 is 1.48 bits per heavy atom. The van der Waals surface area contributed by atoms with Gasteiger partial charge in [-0.25, -0.2) is 14.2 Å². The van der Waals surface area contributed by atoms with E-state index < -0.39 is 5.82 Å². The molecule has 4 rings (SSSR count). The quantitative estimate of drug-likeness (QED) is 0.693. The molecule has 1 atom stereocenters. The van der Waals surface area contributed by atoms with E-state index >= 15 is 0 Å². The predicted octanol–water partition coefficient (Wildman–Crippen LogP) is 4.04. The minimum atomic E-state index is -0.418. The third kappa shape index (κ3) is 3.90. The van der Waals surface area contributed by atoms with Crippen molar-refractivity contribution in [3.05, 3.63) is 46.3 Å². The molecule has 0 spiro atoms. The van der Waals surface area contributed by atoms with Crippen LogP contribution >= 0.6 is 11.3 Å². The molecule has 1 aliphatic heterocycles. The Kier molecular flexibility index (Phi) is 4.98. The van der Waals surface area contributed by atoms with Crippen LogP contribution in [0.1, 0.15) is 31.2 Å². The van der Waals surface area contributed by atoms with Crippen molar-refractivity contribution in [1.29, 1.82) is 0 Å². The fraction of sp³-hybridized carbons (Fsp3) is 0.368. The largest absolute Gasteiger partial charge is 0.484 e. The van der Waals surface area contributed by atoms with E-state index in [4.69, 9.17) is 4.74 Å². The van der Waals surface area contributed by atoms with Crippen LogP contribution in [-0.4, -0.2) is 33.5 Å². The first-order valence-corrected chi connectivity index (χ1v) is 9.90. The molecule has 2 aromatic heterocycles. The van der Waals surface area contributed by atoms with E-state index in [9.17, 15) is 9.18 Å². The van der Waals surface area contributed by atoms with E-state index in [-0.39, 0.29) is 24.4 Å². The number of ether oxygens (including phenoxy) is 1. The van der Waals surface area contributed by atoms with Gasteiger partial charge >= 0.3 is 6.03 Å². The van der Waals surface area contributed by atoms with Crippen LogP contribution < -0.4 is 10.1 Å². The number of amides is 2. The summed E-state index contributed by atoms with van der Waals surface area (Å²) in [6.45, 7) is 3.45. The molecule has 1 aliphatic rings. The smallest absolute Gasteiger partial charge is 0.317 e. The van der Waals surface area contributed by atoms with Gasteiger partial charge in [-0.05, 0) is 31.9 Å². The third-order valence-electron chi connectivity index (χ3n) is 4.83. The van der Waals surface area contributed by atoms with E-state index in [1.54, 1.807) is 11.6 Å². The summed E-state index contributed by atoms with van der Waals surface area (Å²) in [6.07, 6.45) is 2.09. The van der Waals surface area contributed by atoms with Crippen LogP contribution in [0.4, 0.5) is 9.18 Å². The fourth-order valence-electron chi connectivity index (χ4n) is 3.37. The van der Waals surface area contributed by atoms with Crippen molar-refractivity contribution in [3.8, 4) is 5.75 Å². The molecule has 1 aromatic carbocycles. The lowest BCUT2D eigenvalue weighted by Gasteiger charge is -2.21. The van der Waals surface area contributed by atoms with Gasteiger partial charge in [0.25, 0.3) is 0 Å². The number of hydrogen-bond acceptors (Lipinski definition) is 4. The zero-order valence-electron chi connectivity index (χ0n) is 15.0. The Morgan fingerprint density at radius 2 is 2.37 bits per heavy atom. The number of carbonyl (C=O) groups excluding carboxylic acids is 1. The van der Waals surface area contributed by atoms with Crippen LogP contribution in [0.25, 0.3) is 10.9 Å². The molecular weight excluding hydrogens is 367 g/mol. The van der Waals surface area contributed by atoms with E-state index in [0.29, 0.717) is 6.54 Å². The number of urea groups is 1. The Labute approximate surface area is 160 Å². The highest BCUT2D eigenvalue weighted by Crippen LogP contribution is 2.26. The van der Waals surface area contributed by atoms with Crippen LogP contribution in [0.3, 0.4) is 0 Å². The van der Waals surface area contributed by atoms with Crippen LogP contribution in [0.2, 0.25) is 0 Å². The number of H-pyrrole nitrogens is 1. The van der Waals surface area contributed by atoms with Crippen molar-refractivity contribution < 1.29 is 13.9 Å². The van der Waals surface area contributed by atoms with Crippen molar-refractivity contribution in [2.24, 2.45) is 0 Å². The second kappa shape index (κ2) is 7.56. The minimum Gasteiger partial charge on any atom is -0.484 e. The van der Waals surface area contributed by atoms with Crippen LogP contribution in [0.15, 0.2) is 29.1 Å². The first-order valence-electron chi connectivity index (χ1n) is 8.95. The number of thiazole rings is 1. The van der Waals surface area contributed by atoms with Gasteiger partial charge in [-0.15, -0.1) is 11.3 Å². The van der Waals surface area contributed by atoms with Crippen molar-refractivity contribution in [2.75, 3.05) is 6.54 Å². The number of fused-ring (bicyclic) bond motifs is 1. The van der Waals surface area contributed by atoms with Gasteiger partial charge in [0.2, 0.25) is 0 Å². The van der Waals surface area contributed by atoms with E-state index in [1.165, 1.54) is 17.4 Å². The van der Waals surface area contributed by atoms with Crippen molar-refractivity contribution >= 4 is 28.3 Å². The number of benzene rings is 1. The number of nitrogens with zero attached hydrogens (tertiary/aromatic N) is 2. The normalized spacial score (nSPS) is 16.8. The zero-order valence-corrected chi connectivity index (χ0v) is 15.8. The van der Waals surface area contributed by atoms with Crippen molar-refractivity contribution in [1.82, 2.24) is 20.2 Å². The molecule has 0 unspecified atom stereocenters. The van der Waals surface area contributed by atoms with Crippen LogP contribution in [0, 0.1) is 5.82 Å². The molecule has 0 bridgehead atoms. The number of likely N-dealkylation sites (tertiary alicyclic amines) is 1. The first kappa shape index (κ1) is 17.8. The summed E-state index contributed by atoms with van der Waals surface area (Å²) in [7, 11) is 0. The standard InChI is InChI=1S/C19H21FN4O2S/c1-12-3-2-4-24(12)19(25)21-8-14-5-13-6-16(20)18(7-17(13)23-14)26-9-15-10-27-11-22-15/h5-7,10-12,23H,2-4,8-9H2,1H3,(H,21,25)/t12-/m1/s1. The topological polar surface area (TPSA) is 70.2 Å². The zero-order chi connectivity index (χ0) is 18.8. The highest BCUT2D eigenvalue weighted by Gasteiger charge is 2.24. The highest BCUT2D eigenvalue weighted by atomic mass is 32.1. The predicted molar refractivity (Wildman–Crippen MR) is 102 cm³/mol. The van der Waals surface area contributed by atoms with Gasteiger partial charge in [0.15, 0.2) is 11.6 Å². The second-order valence-electron chi connectivity index (χ2n) is 6.78. The SMILES string of the molecule is C[C@@H]1CCCN1C(=O)NCc1cc2cc(F)c(OCc3cscn3)cc2[nH]1. The number of nitrogens with one attached hydrogen (secondary N) is 2. The Balaban J connectivity index is 1.43. The van der Waals surface area contributed by atoms with Crippen molar-refractivity contribution in [2.45, 2.75) is 39.0 Å². The maximum atomic E-state index is 14.3. The summed E-state index contributed by atoms with van der Waals surface area (Å²) in [4.78, 5) is 21.5. The molecule has 0 saturated carbocycles. The Morgan fingerprint density at radius 3 is 3.11 bits per heavy atom. The minimum absolute atomic E-state index is 0.0582. The molecule has 27 heavy (non-hydrogen) atoms. The maximum absolute atomic E-state index is 14.3. The molecule has 142 valence electrons. The molecule has 3 aromatic rings. The molecular formula is C19H21FN4O2S. The lowest BCUT2D eigenvalue weighted by molar-refractivity contribution is 0.195. The molecule has 2 N–H and O–H groups in total. The summed E-state index contributed by atoms with van der Waals surface area (Å²) in [5, 5.41) is 5.54. The fourth-order valence-corrected chi connectivity index (χ4v) is 3.91. The average molecular weight is 388 g/mol. The maximum Gasteiger partial charge on any atom is 0.317 e. The number of carbonyl (C=O) groups is 1. The number of hydrogen-bond donors (Lipinski definition) is 2. The van der Waals surface area contributed by atoms with Gasteiger partial charge in [0.1, 0.15) is 6.61 Å². The van der Waals surface area contributed by atoms with Gasteiger partial charge in [0.05, 0.1) is 17.7 Å². The third-order valence-corrected chi connectivity index (χ3v) is 5.47. The first-order chi connectivity index (χ1) is 13.1. The van der Waals surface area contributed by atoms with Gasteiger partial charge in [-0.2, -0.15) is 0 Å². The van der Waals surface area contributed by atoms with Gasteiger partial charge < -0.3 is 19.9 Å². The van der Waals surface area contributed by atoms with E-state index in [1.807, 2.05) is 16.3 Å². The molecule has 0 radical (unpaired) electrons. The van der Waals surface area contributed by atoms with Gasteiger partial charge in [-0.3, -0.25) is 0 Å². The molecule has 6 nitrogen and oxygen atoms in total. The van der Waals surface area contributed by atoms with Crippen LogP contribution in [-0.2, 0) is 13.2 Å². The highest BCUT2D eigenvalue weighted by molar-refractivity contribution is 7.07. The van der Waals surface area contributed by atoms with E-state index in [0.717, 1.165) is 41.7 Å². The second-order valence-corrected chi connectivity index (χ2v) is 7.49. The molecule has 3 heterocycles. The van der Waals surface area contributed by atoms with Gasteiger partial charge in [0, 0.05) is 40.6 Å². The van der Waals surface area contributed by atoms with Crippen LogP contribution in [0.5, 0.6) is 5.75 Å². The summed E-state index contributed by atoms with van der Waals surface area (Å²) in [5.74, 6) is -0.239. The summed E-state index contributed by atoms with van der Waals surface area (Å²) in [6, 6.07) is 5.15. The molecule has 1 saturated heterocycles. The summed E-state index contributed by atoms with van der Waals surface area (Å²) in [5.41, 5.74) is 4.07. The van der Waals surface area contributed by atoms with Crippen molar-refractivity contribution in [3.63, 3.8) is 0 Å². The summed E-state index contributed by atoms with van der Waals surface area (Å²) < 4.78 is 19.8.